The topological polar surface area (TPSA) is 135 Å². The van der Waals surface area contributed by atoms with Crippen LogP contribution in [0.15, 0.2) is 42.6 Å². The van der Waals surface area contributed by atoms with Crippen molar-refractivity contribution in [1.29, 1.82) is 0 Å². The number of pyridine rings is 1. The van der Waals surface area contributed by atoms with Gasteiger partial charge < -0.3 is 25.9 Å². The average molecular weight is 520 g/mol. The Balaban J connectivity index is 0.00000380. The Labute approximate surface area is 230 Å². The monoisotopic (exact) mass is 519 g/mol. The van der Waals surface area contributed by atoms with Crippen molar-refractivity contribution in [1.82, 2.24) is 25.4 Å². The summed E-state index contributed by atoms with van der Waals surface area (Å²) in [6, 6.07) is 8.52. The van der Waals surface area contributed by atoms with E-state index in [9.17, 15) is 19.1 Å². The maximum atomic E-state index is 14.3. The smallest absolute Gasteiger partial charge is 0.548 e. The van der Waals surface area contributed by atoms with Crippen LogP contribution in [0.25, 0.3) is 11.3 Å². The standard InChI is InChI=1S/C24H25ClFN7O3.Li/c1-14-19(12-20(32-31-14)17-10-15(25)2-3-18(17)26)29-16-4-6-28-22(11-16)30-23(34)5-8-33-9-7-27-21(13-33)24(35)36;/h2-4,6,10-12,21,27H,5,7-9,13H2,1H3,(H,35,36)(H2,28,29,30,32,34);/q;+1/p-1. The van der Waals surface area contributed by atoms with E-state index >= 15 is 0 Å². The summed E-state index contributed by atoms with van der Waals surface area (Å²) in [5.74, 6) is -1.52. The number of piperazine rings is 1. The van der Waals surface area contributed by atoms with Gasteiger partial charge in [-0.2, -0.15) is 10.2 Å². The summed E-state index contributed by atoms with van der Waals surface area (Å²) >= 11 is 6.01. The summed E-state index contributed by atoms with van der Waals surface area (Å²) in [6.07, 6.45) is 1.72. The van der Waals surface area contributed by atoms with Crippen LogP contribution in [0, 0.1) is 12.7 Å². The molecule has 0 aliphatic carbocycles. The van der Waals surface area contributed by atoms with Gasteiger partial charge in [0.15, 0.2) is 0 Å². The first kappa shape index (κ1) is 28.5. The summed E-state index contributed by atoms with van der Waals surface area (Å²) < 4.78 is 14.3. The fraction of sp³-hybridized carbons (Fsp3) is 0.292. The first-order valence-corrected chi connectivity index (χ1v) is 11.7. The number of rotatable bonds is 8. The van der Waals surface area contributed by atoms with E-state index in [4.69, 9.17) is 11.6 Å². The zero-order valence-corrected chi connectivity index (χ0v) is 21.2. The Hall–Kier alpha value is -3.07. The van der Waals surface area contributed by atoms with Gasteiger partial charge in [0.25, 0.3) is 0 Å². The Kier molecular flexibility index (Phi) is 9.97. The van der Waals surface area contributed by atoms with E-state index in [1.165, 1.54) is 18.2 Å². The van der Waals surface area contributed by atoms with Gasteiger partial charge >= 0.3 is 18.9 Å². The van der Waals surface area contributed by atoms with Crippen LogP contribution >= 0.6 is 11.6 Å². The second-order valence-electron chi connectivity index (χ2n) is 8.33. The second-order valence-corrected chi connectivity index (χ2v) is 8.77. The van der Waals surface area contributed by atoms with Crippen LogP contribution in [0.2, 0.25) is 5.02 Å². The van der Waals surface area contributed by atoms with E-state index in [0.717, 1.165) is 0 Å². The van der Waals surface area contributed by atoms with Gasteiger partial charge in [-0.05, 0) is 37.3 Å². The van der Waals surface area contributed by atoms with Crippen LogP contribution in [-0.2, 0) is 9.59 Å². The molecule has 0 spiro atoms. The summed E-state index contributed by atoms with van der Waals surface area (Å²) in [7, 11) is 0. The molecule has 188 valence electrons. The summed E-state index contributed by atoms with van der Waals surface area (Å²) in [5.41, 5.74) is 2.38. The quantitative estimate of drug-likeness (QED) is 0.312. The van der Waals surface area contributed by atoms with E-state index < -0.39 is 17.8 Å². The van der Waals surface area contributed by atoms with Gasteiger partial charge in [0.2, 0.25) is 5.91 Å². The molecule has 3 N–H and O–H groups in total. The number of aromatic nitrogens is 3. The Morgan fingerprint density at radius 2 is 2.05 bits per heavy atom. The molecule has 0 bridgehead atoms. The van der Waals surface area contributed by atoms with E-state index in [2.05, 4.69) is 31.1 Å². The molecule has 1 amide bonds. The van der Waals surface area contributed by atoms with Crippen molar-refractivity contribution in [3.05, 3.63) is 59.1 Å². The van der Waals surface area contributed by atoms with Crippen LogP contribution in [0.5, 0.6) is 0 Å². The van der Waals surface area contributed by atoms with E-state index in [0.29, 0.717) is 53.2 Å². The molecular formula is C24H24ClFLiN7O3. The molecule has 13 heteroatoms. The number of nitrogens with zero attached hydrogens (tertiary/aromatic N) is 4. The molecule has 1 aliphatic rings. The number of hydrogen-bond acceptors (Lipinski definition) is 9. The largest absolute Gasteiger partial charge is 1.00 e. The minimum Gasteiger partial charge on any atom is -0.548 e. The molecular weight excluding hydrogens is 496 g/mol. The molecule has 1 saturated heterocycles. The summed E-state index contributed by atoms with van der Waals surface area (Å²) in [4.78, 5) is 29.6. The fourth-order valence-corrected chi connectivity index (χ4v) is 3.95. The molecule has 1 aromatic carbocycles. The first-order chi connectivity index (χ1) is 17.3. The normalized spacial score (nSPS) is 15.5. The number of nitrogens with one attached hydrogen (secondary N) is 3. The third-order valence-corrected chi connectivity index (χ3v) is 5.92. The third kappa shape index (κ3) is 7.71. The third-order valence-electron chi connectivity index (χ3n) is 5.69. The summed E-state index contributed by atoms with van der Waals surface area (Å²) in [5, 5.41) is 28.5. The van der Waals surface area contributed by atoms with Crippen molar-refractivity contribution in [2.24, 2.45) is 0 Å². The molecule has 1 unspecified atom stereocenters. The van der Waals surface area contributed by atoms with E-state index in [1.807, 2.05) is 4.90 Å². The predicted molar refractivity (Wildman–Crippen MR) is 131 cm³/mol. The molecule has 0 radical (unpaired) electrons. The van der Waals surface area contributed by atoms with Gasteiger partial charge in [-0.3, -0.25) is 9.69 Å². The predicted octanol–water partition coefficient (Wildman–Crippen LogP) is -1.26. The first-order valence-electron chi connectivity index (χ1n) is 11.3. The van der Waals surface area contributed by atoms with Crippen molar-refractivity contribution < 1.29 is 37.9 Å². The zero-order valence-electron chi connectivity index (χ0n) is 20.4. The zero-order chi connectivity index (χ0) is 25.7. The maximum Gasteiger partial charge on any atom is 1.00 e. The number of anilines is 3. The molecule has 1 fully saturated rings. The maximum absolute atomic E-state index is 14.3. The number of halogens is 2. The van der Waals surface area contributed by atoms with Gasteiger partial charge in [0, 0.05) is 61.1 Å². The molecule has 3 aromatic rings. The van der Waals surface area contributed by atoms with E-state index in [-0.39, 0.29) is 43.3 Å². The average Bonchev–Trinajstić information content (AvgIpc) is 2.86. The Morgan fingerprint density at radius 3 is 2.84 bits per heavy atom. The molecule has 1 aliphatic heterocycles. The van der Waals surface area contributed by atoms with Crippen LogP contribution in [0.4, 0.5) is 21.6 Å². The van der Waals surface area contributed by atoms with Crippen molar-refractivity contribution in [2.45, 2.75) is 19.4 Å². The Bertz CT molecular complexity index is 1280. The molecule has 1 atom stereocenters. The van der Waals surface area contributed by atoms with Crippen LogP contribution in [0.1, 0.15) is 12.1 Å². The van der Waals surface area contributed by atoms with Crippen molar-refractivity contribution in [2.75, 3.05) is 36.8 Å². The van der Waals surface area contributed by atoms with Crippen LogP contribution in [0.3, 0.4) is 0 Å². The van der Waals surface area contributed by atoms with Gasteiger partial charge in [-0.15, -0.1) is 0 Å². The van der Waals surface area contributed by atoms with Crippen molar-refractivity contribution in [3.8, 4) is 11.3 Å². The molecule has 2 aromatic heterocycles. The van der Waals surface area contributed by atoms with Crippen LogP contribution in [-0.4, -0.2) is 64.2 Å². The Morgan fingerprint density at radius 1 is 1.24 bits per heavy atom. The molecule has 10 nitrogen and oxygen atoms in total. The molecule has 3 heterocycles. The summed E-state index contributed by atoms with van der Waals surface area (Å²) in [6.45, 7) is 3.63. The number of carbonyl (C=O) groups is 2. The second kappa shape index (κ2) is 12.9. The minimum atomic E-state index is -1.15. The van der Waals surface area contributed by atoms with Gasteiger partial charge in [0.05, 0.1) is 29.1 Å². The number of benzene rings is 1. The number of amides is 1. The number of aryl methyl sites for hydroxylation is 1. The van der Waals surface area contributed by atoms with Crippen molar-refractivity contribution >= 4 is 40.7 Å². The number of carboxylic acids is 1. The number of carboxylic acid groups (broad SMARTS) is 1. The number of hydrogen-bond donors (Lipinski definition) is 3. The minimum absolute atomic E-state index is 0. The molecule has 4 rings (SSSR count). The van der Waals surface area contributed by atoms with E-state index in [1.54, 1.807) is 31.3 Å². The molecule has 0 saturated carbocycles. The van der Waals surface area contributed by atoms with Gasteiger partial charge in [-0.25, -0.2) is 9.37 Å². The SMILES string of the molecule is Cc1nnc(-c2cc(Cl)ccc2F)cc1Nc1ccnc(NC(=O)CCN2CCNC(C(=O)[O-])C2)c1.[Li+]. The van der Waals surface area contributed by atoms with Gasteiger partial charge in [0.1, 0.15) is 11.6 Å². The molecule has 37 heavy (non-hydrogen) atoms. The van der Waals surface area contributed by atoms with Gasteiger partial charge in [-0.1, -0.05) is 11.6 Å². The van der Waals surface area contributed by atoms with Crippen LogP contribution < -0.4 is 39.9 Å². The number of aliphatic carboxylic acids is 1. The fourth-order valence-electron chi connectivity index (χ4n) is 3.77. The van der Waals surface area contributed by atoms with Crippen molar-refractivity contribution in [3.63, 3.8) is 0 Å². The number of carbonyl (C=O) groups excluding carboxylic acids is 2.